The molecule has 0 bridgehead atoms. The van der Waals surface area contributed by atoms with Gasteiger partial charge in [0.05, 0.1) is 6.04 Å². The van der Waals surface area contributed by atoms with E-state index in [1.807, 2.05) is 0 Å². The summed E-state index contributed by atoms with van der Waals surface area (Å²) >= 11 is 5.96. The third-order valence-corrected chi connectivity index (χ3v) is 5.18. The lowest BCUT2D eigenvalue weighted by molar-refractivity contribution is -0.130. The number of carbonyl (C=O) groups is 1. The van der Waals surface area contributed by atoms with Gasteiger partial charge in [-0.1, -0.05) is 54.1 Å². The molecule has 0 aliphatic carbocycles. The van der Waals surface area contributed by atoms with E-state index in [-0.39, 0.29) is 12.1 Å². The highest BCUT2D eigenvalue weighted by atomic mass is 35.5. The fourth-order valence-electron chi connectivity index (χ4n) is 3.55. The molecule has 0 saturated heterocycles. The summed E-state index contributed by atoms with van der Waals surface area (Å²) < 4.78 is 28.0. The second-order valence-corrected chi connectivity index (χ2v) is 7.19. The largest absolute Gasteiger partial charge is 0.503 e. The van der Waals surface area contributed by atoms with Crippen LogP contribution in [0.2, 0.25) is 5.02 Å². The van der Waals surface area contributed by atoms with Crippen LogP contribution in [0, 0.1) is 11.6 Å². The topological polar surface area (TPSA) is 40.5 Å². The van der Waals surface area contributed by atoms with Crippen LogP contribution in [-0.4, -0.2) is 15.9 Å². The second kappa shape index (κ2) is 7.68. The van der Waals surface area contributed by atoms with Crippen molar-refractivity contribution in [2.45, 2.75) is 12.6 Å². The molecule has 1 heterocycles. The minimum atomic E-state index is -0.838. The van der Waals surface area contributed by atoms with E-state index in [0.29, 0.717) is 21.7 Å². The Hall–Kier alpha value is -3.18. The Bertz CT molecular complexity index is 1090. The molecule has 1 amide bonds. The van der Waals surface area contributed by atoms with Crippen LogP contribution in [0.25, 0.3) is 5.57 Å². The SMILES string of the molecule is O=C1C(O)=C(c2ccc(Cl)cc2)[C@@H](c2ccccc2F)N1Cc1ccc(F)cc1. The van der Waals surface area contributed by atoms with Gasteiger partial charge in [0, 0.05) is 22.7 Å². The Morgan fingerprint density at radius 2 is 1.59 bits per heavy atom. The van der Waals surface area contributed by atoms with E-state index < -0.39 is 29.3 Å². The molecule has 3 aromatic rings. The quantitative estimate of drug-likeness (QED) is 0.600. The summed E-state index contributed by atoms with van der Waals surface area (Å²) in [6.07, 6.45) is 0. The second-order valence-electron chi connectivity index (χ2n) is 6.75. The smallest absolute Gasteiger partial charge is 0.290 e. The van der Waals surface area contributed by atoms with Crippen LogP contribution < -0.4 is 0 Å². The fraction of sp³-hybridized carbons (Fsp3) is 0.0870. The number of carbonyl (C=O) groups excluding carboxylic acids is 1. The molecule has 6 heteroatoms. The Morgan fingerprint density at radius 1 is 0.931 bits per heavy atom. The van der Waals surface area contributed by atoms with Crippen molar-refractivity contribution in [3.05, 3.63) is 112 Å². The van der Waals surface area contributed by atoms with Gasteiger partial charge in [-0.05, 0) is 41.5 Å². The van der Waals surface area contributed by atoms with Crippen molar-refractivity contribution in [3.63, 3.8) is 0 Å². The van der Waals surface area contributed by atoms with Gasteiger partial charge in [0.25, 0.3) is 5.91 Å². The Balaban J connectivity index is 1.83. The van der Waals surface area contributed by atoms with E-state index in [1.165, 1.54) is 23.1 Å². The fourth-order valence-corrected chi connectivity index (χ4v) is 3.67. The van der Waals surface area contributed by atoms with E-state index >= 15 is 0 Å². The molecule has 4 rings (SSSR count). The first-order valence-electron chi connectivity index (χ1n) is 8.94. The van der Waals surface area contributed by atoms with E-state index in [9.17, 15) is 18.7 Å². The third-order valence-electron chi connectivity index (χ3n) is 4.92. The van der Waals surface area contributed by atoms with Crippen LogP contribution in [0.4, 0.5) is 8.78 Å². The summed E-state index contributed by atoms with van der Waals surface area (Å²) in [5.41, 5.74) is 1.79. The molecule has 1 aliphatic rings. The van der Waals surface area contributed by atoms with Crippen molar-refractivity contribution in [1.82, 2.24) is 4.90 Å². The van der Waals surface area contributed by atoms with E-state index in [4.69, 9.17) is 11.6 Å². The number of aliphatic hydroxyl groups excluding tert-OH is 1. The molecular formula is C23H16ClF2NO2. The molecular weight excluding hydrogens is 396 g/mol. The zero-order valence-electron chi connectivity index (χ0n) is 15.1. The molecule has 0 fully saturated rings. The van der Waals surface area contributed by atoms with Crippen molar-refractivity contribution >= 4 is 23.1 Å². The summed E-state index contributed by atoms with van der Waals surface area (Å²) in [6, 6.07) is 17.6. The molecule has 0 saturated carbocycles. The highest BCUT2D eigenvalue weighted by Crippen LogP contribution is 2.44. The van der Waals surface area contributed by atoms with Gasteiger partial charge in [0.2, 0.25) is 0 Å². The first-order valence-corrected chi connectivity index (χ1v) is 9.32. The average Bonchev–Trinajstić information content (AvgIpc) is 2.95. The number of hydrogen-bond acceptors (Lipinski definition) is 2. The minimum absolute atomic E-state index is 0.0826. The van der Waals surface area contributed by atoms with Gasteiger partial charge in [-0.2, -0.15) is 0 Å². The summed E-state index contributed by atoms with van der Waals surface area (Å²) in [4.78, 5) is 14.3. The van der Waals surface area contributed by atoms with Gasteiger partial charge in [-0.3, -0.25) is 4.79 Å². The van der Waals surface area contributed by atoms with Crippen LogP contribution >= 0.6 is 11.6 Å². The van der Waals surface area contributed by atoms with Crippen molar-refractivity contribution in [2.24, 2.45) is 0 Å². The van der Waals surface area contributed by atoms with E-state index in [2.05, 4.69) is 0 Å². The summed E-state index contributed by atoms with van der Waals surface area (Å²) in [5.74, 6) is -1.94. The number of aliphatic hydroxyl groups is 1. The molecule has 1 atom stereocenters. The predicted molar refractivity (Wildman–Crippen MR) is 107 cm³/mol. The minimum Gasteiger partial charge on any atom is -0.503 e. The van der Waals surface area contributed by atoms with Gasteiger partial charge in [-0.25, -0.2) is 8.78 Å². The molecule has 146 valence electrons. The first kappa shape index (κ1) is 19.2. The Morgan fingerprint density at radius 3 is 2.24 bits per heavy atom. The maximum atomic E-state index is 14.7. The Kier molecular flexibility index (Phi) is 5.07. The molecule has 3 aromatic carbocycles. The lowest BCUT2D eigenvalue weighted by Crippen LogP contribution is -2.30. The number of nitrogens with zero attached hydrogens (tertiary/aromatic N) is 1. The Labute approximate surface area is 171 Å². The molecule has 3 nitrogen and oxygen atoms in total. The van der Waals surface area contributed by atoms with Crippen LogP contribution in [-0.2, 0) is 11.3 Å². The van der Waals surface area contributed by atoms with Crippen LogP contribution in [0.1, 0.15) is 22.7 Å². The average molecular weight is 412 g/mol. The molecule has 0 unspecified atom stereocenters. The molecule has 1 aliphatic heterocycles. The van der Waals surface area contributed by atoms with E-state index in [1.54, 1.807) is 54.6 Å². The number of halogens is 3. The lowest BCUT2D eigenvalue weighted by atomic mass is 9.93. The van der Waals surface area contributed by atoms with Crippen LogP contribution in [0.3, 0.4) is 0 Å². The lowest BCUT2D eigenvalue weighted by Gasteiger charge is -2.28. The van der Waals surface area contributed by atoms with Crippen LogP contribution in [0.5, 0.6) is 0 Å². The molecule has 29 heavy (non-hydrogen) atoms. The molecule has 1 N–H and O–H groups in total. The van der Waals surface area contributed by atoms with Gasteiger partial charge in [0.15, 0.2) is 5.76 Å². The molecule has 0 aromatic heterocycles. The standard InChI is InChI=1S/C23H16ClF2NO2/c24-16-9-7-15(8-10-16)20-21(18-3-1-2-4-19(18)26)27(23(29)22(20)28)13-14-5-11-17(25)12-6-14/h1-12,21,28H,13H2/t21-/m1/s1. The van der Waals surface area contributed by atoms with Crippen molar-refractivity contribution in [3.8, 4) is 0 Å². The zero-order chi connectivity index (χ0) is 20.5. The van der Waals surface area contributed by atoms with Crippen LogP contribution in [0.15, 0.2) is 78.6 Å². The van der Waals surface area contributed by atoms with Gasteiger partial charge < -0.3 is 10.0 Å². The number of hydrogen-bond donors (Lipinski definition) is 1. The van der Waals surface area contributed by atoms with E-state index in [0.717, 1.165) is 0 Å². The number of benzene rings is 3. The summed E-state index contributed by atoms with van der Waals surface area (Å²) in [6.45, 7) is 0.0826. The predicted octanol–water partition coefficient (Wildman–Crippen LogP) is 5.67. The van der Waals surface area contributed by atoms with Crippen molar-refractivity contribution < 1.29 is 18.7 Å². The highest BCUT2D eigenvalue weighted by Gasteiger charge is 2.42. The third kappa shape index (κ3) is 3.61. The monoisotopic (exact) mass is 411 g/mol. The number of rotatable bonds is 4. The van der Waals surface area contributed by atoms with Crippen molar-refractivity contribution in [1.29, 1.82) is 0 Å². The van der Waals surface area contributed by atoms with Gasteiger partial charge in [-0.15, -0.1) is 0 Å². The van der Waals surface area contributed by atoms with Crippen molar-refractivity contribution in [2.75, 3.05) is 0 Å². The highest BCUT2D eigenvalue weighted by molar-refractivity contribution is 6.30. The maximum absolute atomic E-state index is 14.7. The first-order chi connectivity index (χ1) is 14.0. The summed E-state index contributed by atoms with van der Waals surface area (Å²) in [5, 5.41) is 11.2. The molecule has 0 spiro atoms. The summed E-state index contributed by atoms with van der Waals surface area (Å²) in [7, 11) is 0. The zero-order valence-corrected chi connectivity index (χ0v) is 15.9. The molecule has 0 radical (unpaired) electrons. The van der Waals surface area contributed by atoms with Gasteiger partial charge >= 0.3 is 0 Å². The maximum Gasteiger partial charge on any atom is 0.290 e. The van der Waals surface area contributed by atoms with Gasteiger partial charge in [0.1, 0.15) is 11.6 Å². The number of amides is 1. The normalized spacial score (nSPS) is 16.6.